The van der Waals surface area contributed by atoms with Crippen molar-refractivity contribution in [2.75, 3.05) is 13.1 Å². The van der Waals surface area contributed by atoms with E-state index in [1.54, 1.807) is 11.0 Å². The van der Waals surface area contributed by atoms with E-state index in [1.807, 2.05) is 10.8 Å². The maximum absolute atomic E-state index is 12.0. The van der Waals surface area contributed by atoms with Gasteiger partial charge in [0.1, 0.15) is 0 Å². The van der Waals surface area contributed by atoms with Gasteiger partial charge in [-0.05, 0) is 11.4 Å². The molecule has 2 aromatic heterocycles. The van der Waals surface area contributed by atoms with Crippen molar-refractivity contribution >= 4 is 23.2 Å². The minimum absolute atomic E-state index is 0.00295. The molecule has 98 valence electrons. The van der Waals surface area contributed by atoms with Crippen LogP contribution in [0.25, 0.3) is 0 Å². The second-order valence-corrected chi connectivity index (χ2v) is 5.04. The number of carboxylic acid groups (broad SMARTS) is 1. The smallest absolute Gasteiger partial charge is 0.358 e. The third kappa shape index (κ3) is 2.10. The van der Waals surface area contributed by atoms with E-state index in [0.29, 0.717) is 18.7 Å². The van der Waals surface area contributed by atoms with Crippen LogP contribution in [0.5, 0.6) is 0 Å². The molecule has 0 aliphatic carbocycles. The maximum Gasteiger partial charge on any atom is 0.358 e. The lowest BCUT2D eigenvalue weighted by atomic mass is 10.1. The van der Waals surface area contributed by atoms with Gasteiger partial charge in [0.25, 0.3) is 5.91 Å². The van der Waals surface area contributed by atoms with Crippen LogP contribution >= 0.6 is 11.3 Å². The van der Waals surface area contributed by atoms with Gasteiger partial charge >= 0.3 is 5.97 Å². The molecule has 2 aromatic rings. The molecule has 1 aliphatic rings. The molecule has 0 saturated carbocycles. The number of amides is 1. The Morgan fingerprint density at radius 3 is 2.79 bits per heavy atom. The Morgan fingerprint density at radius 2 is 2.21 bits per heavy atom. The van der Waals surface area contributed by atoms with Crippen LogP contribution < -0.4 is 0 Å². The van der Waals surface area contributed by atoms with Gasteiger partial charge in [-0.15, -0.1) is 5.10 Å². The second-order valence-electron chi connectivity index (χ2n) is 4.26. The van der Waals surface area contributed by atoms with Crippen LogP contribution in [-0.4, -0.2) is 50.0 Å². The van der Waals surface area contributed by atoms with Gasteiger partial charge in [0.05, 0.1) is 17.8 Å². The Morgan fingerprint density at radius 1 is 1.42 bits per heavy atom. The zero-order chi connectivity index (χ0) is 13.4. The molecule has 8 heteroatoms. The summed E-state index contributed by atoms with van der Waals surface area (Å²) in [7, 11) is 0. The van der Waals surface area contributed by atoms with E-state index < -0.39 is 5.97 Å². The molecule has 1 aliphatic heterocycles. The Hall–Kier alpha value is -2.22. The average Bonchev–Trinajstić information content (AvgIpc) is 2.98. The number of likely N-dealkylation sites (tertiary alicyclic amines) is 1. The number of carboxylic acids is 1. The maximum atomic E-state index is 12.0. The van der Waals surface area contributed by atoms with E-state index in [1.165, 1.54) is 22.2 Å². The van der Waals surface area contributed by atoms with Gasteiger partial charge in [-0.3, -0.25) is 4.79 Å². The summed E-state index contributed by atoms with van der Waals surface area (Å²) in [6.07, 6.45) is 1.39. The summed E-state index contributed by atoms with van der Waals surface area (Å²) in [6.45, 7) is 1.05. The number of carbonyl (C=O) groups is 2. The number of hydrogen-bond donors (Lipinski definition) is 1. The SMILES string of the molecule is O=C(O)c1cn(C2CN(C(=O)c3ccsc3)C2)nn1. The molecule has 19 heavy (non-hydrogen) atoms. The number of hydrogen-bond acceptors (Lipinski definition) is 5. The molecule has 0 bridgehead atoms. The Kier molecular flexibility index (Phi) is 2.79. The Bertz CT molecular complexity index is 616. The van der Waals surface area contributed by atoms with Gasteiger partial charge in [0, 0.05) is 18.5 Å². The van der Waals surface area contributed by atoms with Crippen molar-refractivity contribution in [3.8, 4) is 0 Å². The van der Waals surface area contributed by atoms with E-state index in [9.17, 15) is 9.59 Å². The minimum Gasteiger partial charge on any atom is -0.476 e. The zero-order valence-electron chi connectivity index (χ0n) is 9.76. The fourth-order valence-corrected chi connectivity index (χ4v) is 2.54. The second kappa shape index (κ2) is 4.47. The van der Waals surface area contributed by atoms with Gasteiger partial charge in [0.2, 0.25) is 0 Å². The highest BCUT2D eigenvalue weighted by molar-refractivity contribution is 7.08. The van der Waals surface area contributed by atoms with E-state index in [-0.39, 0.29) is 17.6 Å². The molecule has 7 nitrogen and oxygen atoms in total. The fourth-order valence-electron chi connectivity index (χ4n) is 1.91. The monoisotopic (exact) mass is 278 g/mol. The summed E-state index contributed by atoms with van der Waals surface area (Å²) in [6, 6.07) is 1.79. The van der Waals surface area contributed by atoms with Gasteiger partial charge in [0.15, 0.2) is 5.69 Å². The molecular weight excluding hydrogens is 268 g/mol. The first kappa shape index (κ1) is 11.8. The van der Waals surface area contributed by atoms with Crippen LogP contribution in [0.15, 0.2) is 23.0 Å². The highest BCUT2D eigenvalue weighted by atomic mass is 32.1. The standard InChI is InChI=1S/C11H10N4O3S/c16-10(7-1-2-19-6-7)14-3-8(4-14)15-5-9(11(17)18)12-13-15/h1-2,5-6,8H,3-4H2,(H,17,18). The van der Waals surface area contributed by atoms with Crippen molar-refractivity contribution < 1.29 is 14.7 Å². The van der Waals surface area contributed by atoms with Gasteiger partial charge < -0.3 is 10.0 Å². The molecular formula is C11H10N4O3S. The normalized spacial score (nSPS) is 15.3. The van der Waals surface area contributed by atoms with E-state index in [2.05, 4.69) is 10.3 Å². The number of aromatic nitrogens is 3. The average molecular weight is 278 g/mol. The summed E-state index contributed by atoms with van der Waals surface area (Å²) >= 11 is 1.48. The highest BCUT2D eigenvalue weighted by Gasteiger charge is 2.33. The van der Waals surface area contributed by atoms with Crippen LogP contribution in [0.2, 0.25) is 0 Å². The highest BCUT2D eigenvalue weighted by Crippen LogP contribution is 2.23. The van der Waals surface area contributed by atoms with Crippen LogP contribution in [0.4, 0.5) is 0 Å². The molecule has 1 saturated heterocycles. The molecule has 0 unspecified atom stereocenters. The van der Waals surface area contributed by atoms with Crippen molar-refractivity contribution in [1.29, 1.82) is 0 Å². The van der Waals surface area contributed by atoms with Crippen molar-refractivity contribution in [1.82, 2.24) is 19.9 Å². The first-order valence-electron chi connectivity index (χ1n) is 5.62. The third-order valence-electron chi connectivity index (χ3n) is 3.02. The first-order valence-corrected chi connectivity index (χ1v) is 6.56. The van der Waals surface area contributed by atoms with Crippen LogP contribution in [-0.2, 0) is 0 Å². The summed E-state index contributed by atoms with van der Waals surface area (Å²) < 4.78 is 1.50. The molecule has 1 amide bonds. The molecule has 0 radical (unpaired) electrons. The van der Waals surface area contributed by atoms with Gasteiger partial charge in [-0.2, -0.15) is 11.3 Å². The molecule has 0 atom stereocenters. The van der Waals surface area contributed by atoms with Crippen molar-refractivity contribution in [3.05, 3.63) is 34.3 Å². The lowest BCUT2D eigenvalue weighted by molar-refractivity contribution is 0.0498. The predicted molar refractivity (Wildman–Crippen MR) is 66.2 cm³/mol. The van der Waals surface area contributed by atoms with Crippen LogP contribution in [0, 0.1) is 0 Å². The molecule has 1 N–H and O–H groups in total. The largest absolute Gasteiger partial charge is 0.476 e. The number of nitrogens with zero attached hydrogens (tertiary/aromatic N) is 4. The van der Waals surface area contributed by atoms with E-state index >= 15 is 0 Å². The molecule has 3 heterocycles. The number of carbonyl (C=O) groups excluding carboxylic acids is 1. The van der Waals surface area contributed by atoms with Crippen molar-refractivity contribution in [2.45, 2.75) is 6.04 Å². The zero-order valence-corrected chi connectivity index (χ0v) is 10.6. The number of rotatable bonds is 3. The quantitative estimate of drug-likeness (QED) is 0.894. The first-order chi connectivity index (χ1) is 9.15. The number of aromatic carboxylic acids is 1. The number of thiophene rings is 1. The van der Waals surface area contributed by atoms with Crippen molar-refractivity contribution in [3.63, 3.8) is 0 Å². The van der Waals surface area contributed by atoms with Crippen LogP contribution in [0.1, 0.15) is 26.9 Å². The molecule has 0 spiro atoms. The summed E-state index contributed by atoms with van der Waals surface area (Å²) in [4.78, 5) is 24.4. The topological polar surface area (TPSA) is 88.3 Å². The summed E-state index contributed by atoms with van der Waals surface area (Å²) in [5.74, 6) is -1.10. The van der Waals surface area contributed by atoms with Gasteiger partial charge in [-0.25, -0.2) is 9.48 Å². The van der Waals surface area contributed by atoms with E-state index in [0.717, 1.165) is 0 Å². The Balaban J connectivity index is 1.63. The third-order valence-corrected chi connectivity index (χ3v) is 3.70. The van der Waals surface area contributed by atoms with E-state index in [4.69, 9.17) is 5.11 Å². The lowest BCUT2D eigenvalue weighted by Gasteiger charge is -2.38. The van der Waals surface area contributed by atoms with Crippen LogP contribution in [0.3, 0.4) is 0 Å². The Labute approximate surface area is 112 Å². The lowest BCUT2D eigenvalue weighted by Crippen LogP contribution is -2.50. The van der Waals surface area contributed by atoms with Crippen molar-refractivity contribution in [2.24, 2.45) is 0 Å². The van der Waals surface area contributed by atoms with Gasteiger partial charge in [-0.1, -0.05) is 5.21 Å². The predicted octanol–water partition coefficient (Wildman–Crippen LogP) is 0.735. The summed E-state index contributed by atoms with van der Waals surface area (Å²) in [5.41, 5.74) is 0.607. The molecule has 3 rings (SSSR count). The molecule has 1 fully saturated rings. The summed E-state index contributed by atoms with van der Waals surface area (Å²) in [5, 5.41) is 19.7. The molecule has 0 aromatic carbocycles. The minimum atomic E-state index is -1.10. The fraction of sp³-hybridized carbons (Fsp3) is 0.273.